The molecule has 15 nitrogen and oxygen atoms in total. The molecule has 0 aliphatic carbocycles. The zero-order chi connectivity index (χ0) is 23.4. The quantitative estimate of drug-likeness (QED) is 0.201. The fourth-order valence-corrected chi connectivity index (χ4v) is 4.08. The lowest BCUT2D eigenvalue weighted by Crippen LogP contribution is -2.33. The summed E-state index contributed by atoms with van der Waals surface area (Å²) in [6.45, 7) is -0.813. The number of imidazole rings is 1. The molecule has 0 saturated carbocycles. The van der Waals surface area contributed by atoms with Crippen LogP contribution >= 0.6 is 38.8 Å². The molecule has 1 unspecified atom stereocenters. The van der Waals surface area contributed by atoms with Gasteiger partial charge in [-0.15, -0.1) is 23.2 Å². The molecule has 31 heavy (non-hydrogen) atoms. The summed E-state index contributed by atoms with van der Waals surface area (Å²) in [6, 6.07) is 0. The minimum absolute atomic E-state index is 0.0856. The minimum atomic E-state index is -5.29. The van der Waals surface area contributed by atoms with Crippen LogP contribution in [0.4, 0.5) is 5.82 Å². The summed E-state index contributed by atoms with van der Waals surface area (Å²) in [7, 11) is -10.4. The van der Waals surface area contributed by atoms with Crippen LogP contribution in [0.25, 0.3) is 11.2 Å². The number of aromatic nitrogens is 4. The molecule has 5 atom stereocenters. The van der Waals surface area contributed by atoms with Gasteiger partial charge in [0.1, 0.15) is 30.2 Å². The number of hydrogen-bond acceptors (Lipinski definition) is 11. The third kappa shape index (κ3) is 7.02. The van der Waals surface area contributed by atoms with Gasteiger partial charge in [0.05, 0.1) is 12.9 Å². The van der Waals surface area contributed by atoms with E-state index in [1.807, 2.05) is 0 Å². The van der Waals surface area contributed by atoms with Gasteiger partial charge in [-0.2, -0.15) is 4.31 Å². The number of anilines is 1. The summed E-state index contributed by atoms with van der Waals surface area (Å²) in [4.78, 5) is 38.1. The molecule has 0 bridgehead atoms. The Balaban J connectivity index is 0.000000785. The Kier molecular flexibility index (Phi) is 9.16. The maximum Gasteiger partial charge on any atom is 0.481 e. The van der Waals surface area contributed by atoms with Crippen molar-refractivity contribution in [2.75, 3.05) is 24.1 Å². The molecule has 19 heteroatoms. The second-order valence-corrected chi connectivity index (χ2v) is 9.43. The van der Waals surface area contributed by atoms with E-state index in [1.165, 1.54) is 10.9 Å². The molecule has 2 aromatic rings. The standard InChI is InChI=1S/C10H15N5O10P2.C2H4Cl2/c11-8-5-9(13-2-12-8)15(3-14-5)10-7(17)6(16)4(24-10)1-23-27(21,22)25-26(18,19)20;3-1-2-4/h2-4,6-7,10,16-17H,1H2,(H,21,22)(H2,11,12,13)(H2,18,19,20);1-2H2/t4-,6-,7-,10-;/m1./s1. The first-order valence-corrected chi connectivity index (χ1v) is 12.3. The molecule has 7 N–H and O–H groups in total. The number of halogens is 2. The van der Waals surface area contributed by atoms with Gasteiger partial charge in [-0.05, 0) is 0 Å². The van der Waals surface area contributed by atoms with Crippen molar-refractivity contribution >= 4 is 55.8 Å². The van der Waals surface area contributed by atoms with Crippen LogP contribution in [0.5, 0.6) is 0 Å². The first-order valence-electron chi connectivity index (χ1n) is 8.21. The van der Waals surface area contributed by atoms with Gasteiger partial charge in [-0.25, -0.2) is 24.1 Å². The maximum atomic E-state index is 11.5. The highest BCUT2D eigenvalue weighted by Crippen LogP contribution is 2.57. The number of phosphoric acid groups is 2. The Morgan fingerprint density at radius 2 is 1.77 bits per heavy atom. The Hall–Kier alpha value is -0.930. The molecule has 3 heterocycles. The summed E-state index contributed by atoms with van der Waals surface area (Å²) in [5, 5.41) is 20.3. The van der Waals surface area contributed by atoms with Crippen LogP contribution in [0.1, 0.15) is 6.23 Å². The number of alkyl halides is 2. The average molecular weight is 526 g/mol. The van der Waals surface area contributed by atoms with Gasteiger partial charge < -0.3 is 35.4 Å². The van der Waals surface area contributed by atoms with E-state index in [4.69, 9.17) is 43.5 Å². The number of fused-ring (bicyclic) bond motifs is 1. The van der Waals surface area contributed by atoms with Gasteiger partial charge in [0.15, 0.2) is 17.7 Å². The molecule has 2 aromatic heterocycles. The van der Waals surface area contributed by atoms with Crippen molar-refractivity contribution in [1.29, 1.82) is 0 Å². The van der Waals surface area contributed by atoms with Gasteiger partial charge >= 0.3 is 15.6 Å². The molecule has 0 aromatic carbocycles. The van der Waals surface area contributed by atoms with E-state index < -0.39 is 46.8 Å². The van der Waals surface area contributed by atoms with Crippen molar-refractivity contribution < 1.29 is 47.6 Å². The highest BCUT2D eigenvalue weighted by atomic mass is 35.5. The zero-order valence-corrected chi connectivity index (χ0v) is 18.7. The number of ether oxygens (including phenoxy) is 1. The molecule has 176 valence electrons. The van der Waals surface area contributed by atoms with E-state index in [1.54, 1.807) is 0 Å². The number of rotatable bonds is 7. The average Bonchev–Trinajstić information content (AvgIpc) is 3.21. The van der Waals surface area contributed by atoms with Crippen molar-refractivity contribution in [1.82, 2.24) is 19.5 Å². The van der Waals surface area contributed by atoms with Gasteiger partial charge in [0.2, 0.25) is 0 Å². The number of phosphoric ester groups is 1. The summed E-state index contributed by atoms with van der Waals surface area (Å²) in [6.07, 6.45) is -3.20. The normalized spacial score (nSPS) is 25.8. The van der Waals surface area contributed by atoms with Crippen LogP contribution in [0.15, 0.2) is 12.7 Å². The van der Waals surface area contributed by atoms with Crippen molar-refractivity contribution in [3.05, 3.63) is 12.7 Å². The van der Waals surface area contributed by atoms with E-state index >= 15 is 0 Å². The van der Waals surface area contributed by atoms with Crippen LogP contribution in [-0.2, 0) is 22.7 Å². The van der Waals surface area contributed by atoms with Crippen LogP contribution < -0.4 is 5.73 Å². The molecule has 1 aliphatic rings. The molecule has 1 fully saturated rings. The molecule has 0 spiro atoms. The van der Waals surface area contributed by atoms with Gasteiger partial charge in [-0.1, -0.05) is 0 Å². The van der Waals surface area contributed by atoms with Crippen LogP contribution in [0.2, 0.25) is 0 Å². The SMILES string of the molecule is ClCCCl.Nc1ncnc2c1ncn2[C@@H]1O[C@H](COP(=O)(O)OP(=O)(O)O)[C@@H](O)[C@H]1O. The Labute approximate surface area is 184 Å². The third-order valence-corrected chi connectivity index (χ3v) is 6.40. The van der Waals surface area contributed by atoms with Gasteiger partial charge in [0.25, 0.3) is 0 Å². The highest BCUT2D eigenvalue weighted by molar-refractivity contribution is 7.60. The minimum Gasteiger partial charge on any atom is -0.387 e. The molecule has 0 radical (unpaired) electrons. The number of nitrogen functional groups attached to an aromatic ring is 1. The molecule has 0 amide bonds. The fraction of sp³-hybridized carbons (Fsp3) is 0.583. The number of hydrogen-bond donors (Lipinski definition) is 6. The van der Waals surface area contributed by atoms with Crippen molar-refractivity contribution in [3.63, 3.8) is 0 Å². The number of nitrogens with zero attached hydrogens (tertiary/aromatic N) is 4. The predicted octanol–water partition coefficient (Wildman–Crippen LogP) is -0.282. The largest absolute Gasteiger partial charge is 0.481 e. The summed E-state index contributed by atoms with van der Waals surface area (Å²) in [5.74, 6) is 1.20. The first-order chi connectivity index (χ1) is 14.4. The van der Waals surface area contributed by atoms with Crippen molar-refractivity contribution in [2.24, 2.45) is 0 Å². The van der Waals surface area contributed by atoms with Crippen molar-refractivity contribution in [3.8, 4) is 0 Å². The monoisotopic (exact) mass is 525 g/mol. The topological polar surface area (TPSA) is 233 Å². The van der Waals surface area contributed by atoms with E-state index in [2.05, 4.69) is 23.8 Å². The van der Waals surface area contributed by atoms with Gasteiger partial charge in [0, 0.05) is 11.8 Å². The number of aliphatic hydroxyl groups is 2. The smallest absolute Gasteiger partial charge is 0.387 e. The number of nitrogens with two attached hydrogens (primary N) is 1. The van der Waals surface area contributed by atoms with E-state index in [0.29, 0.717) is 11.8 Å². The van der Waals surface area contributed by atoms with E-state index in [9.17, 15) is 24.2 Å². The van der Waals surface area contributed by atoms with Gasteiger partial charge in [-0.3, -0.25) is 9.09 Å². The highest BCUT2D eigenvalue weighted by Gasteiger charge is 2.46. The zero-order valence-electron chi connectivity index (χ0n) is 15.4. The lowest BCUT2D eigenvalue weighted by atomic mass is 10.1. The van der Waals surface area contributed by atoms with Crippen molar-refractivity contribution in [2.45, 2.75) is 24.5 Å². The summed E-state index contributed by atoms with van der Waals surface area (Å²) in [5.41, 5.74) is 6.11. The number of aliphatic hydroxyl groups excluding tert-OH is 2. The molecule has 3 rings (SSSR count). The van der Waals surface area contributed by atoms with Crippen LogP contribution in [0, 0.1) is 0 Å². The Morgan fingerprint density at radius 3 is 2.35 bits per heavy atom. The molecular weight excluding hydrogens is 507 g/mol. The van der Waals surface area contributed by atoms with Crippen LogP contribution in [-0.4, -0.2) is 81.1 Å². The van der Waals surface area contributed by atoms with E-state index in [0.717, 1.165) is 6.33 Å². The summed E-state index contributed by atoms with van der Waals surface area (Å²) < 4.78 is 36.8. The Bertz CT molecular complexity index is 974. The maximum absolute atomic E-state index is 11.5. The second kappa shape index (κ2) is 10.8. The second-order valence-electron chi connectivity index (χ2n) is 5.84. The van der Waals surface area contributed by atoms with Crippen LogP contribution in [0.3, 0.4) is 0 Å². The first kappa shape index (κ1) is 26.3. The predicted molar refractivity (Wildman–Crippen MR) is 106 cm³/mol. The summed E-state index contributed by atoms with van der Waals surface area (Å²) >= 11 is 10.1. The molecular formula is C12H19Cl2N5O10P2. The lowest BCUT2D eigenvalue weighted by Gasteiger charge is -2.17. The Morgan fingerprint density at radius 1 is 1.13 bits per heavy atom. The molecule has 1 saturated heterocycles. The molecule has 1 aliphatic heterocycles. The lowest BCUT2D eigenvalue weighted by molar-refractivity contribution is -0.0503. The fourth-order valence-electron chi connectivity index (χ4n) is 2.48. The van der Waals surface area contributed by atoms with E-state index in [-0.39, 0.29) is 17.0 Å². The third-order valence-electron chi connectivity index (χ3n) is 3.68.